The summed E-state index contributed by atoms with van der Waals surface area (Å²) in [7, 11) is -0.669. The van der Waals surface area contributed by atoms with Gasteiger partial charge in [0.1, 0.15) is 0 Å². The van der Waals surface area contributed by atoms with E-state index in [1.54, 1.807) is 0 Å². The van der Waals surface area contributed by atoms with Crippen LogP contribution in [0.5, 0.6) is 0 Å². The molecule has 116 valence electrons. The lowest BCUT2D eigenvalue weighted by atomic mass is 10.2. The van der Waals surface area contributed by atoms with Crippen LogP contribution in [-0.4, -0.2) is 64.1 Å². The molecule has 2 saturated heterocycles. The van der Waals surface area contributed by atoms with Crippen molar-refractivity contribution in [1.82, 2.24) is 4.90 Å². The summed E-state index contributed by atoms with van der Waals surface area (Å²) < 4.78 is 22.9. The van der Waals surface area contributed by atoms with Gasteiger partial charge in [-0.2, -0.15) is 0 Å². The number of piperazine rings is 1. The van der Waals surface area contributed by atoms with Crippen molar-refractivity contribution in [2.24, 2.45) is 0 Å². The molecule has 1 aromatic rings. The second-order valence-corrected chi connectivity index (χ2v) is 8.31. The molecule has 1 atom stereocenters. The summed E-state index contributed by atoms with van der Waals surface area (Å²) >= 11 is 0. The van der Waals surface area contributed by atoms with E-state index in [9.17, 15) is 8.42 Å². The topological polar surface area (TPSA) is 52.6 Å². The molecule has 6 heteroatoms. The van der Waals surface area contributed by atoms with Crippen molar-refractivity contribution in [2.45, 2.75) is 12.5 Å². The van der Waals surface area contributed by atoms with Crippen LogP contribution >= 0.6 is 0 Å². The fourth-order valence-corrected chi connectivity index (χ4v) is 4.65. The average molecular weight is 309 g/mol. The average Bonchev–Trinajstić information content (AvgIpc) is 2.80. The van der Waals surface area contributed by atoms with E-state index in [0.29, 0.717) is 12.2 Å². The Hall–Kier alpha value is -1.27. The number of benzene rings is 1. The molecule has 2 heterocycles. The number of hydrogen-bond donors (Lipinski definition) is 1. The molecular weight excluding hydrogens is 286 g/mol. The summed E-state index contributed by atoms with van der Waals surface area (Å²) in [5.41, 5.74) is 2.25. The van der Waals surface area contributed by atoms with Gasteiger partial charge in [-0.3, -0.25) is 0 Å². The third-order valence-corrected chi connectivity index (χ3v) is 6.11. The maximum absolute atomic E-state index is 11.5. The van der Waals surface area contributed by atoms with Gasteiger partial charge in [-0.05, 0) is 37.7 Å². The molecule has 1 N–H and O–H groups in total. The van der Waals surface area contributed by atoms with Crippen molar-refractivity contribution in [2.75, 3.05) is 54.9 Å². The highest BCUT2D eigenvalue weighted by molar-refractivity contribution is 7.91. The first-order valence-electron chi connectivity index (χ1n) is 7.52. The van der Waals surface area contributed by atoms with Crippen molar-refractivity contribution in [3.05, 3.63) is 24.3 Å². The fraction of sp³-hybridized carbons (Fsp3) is 0.600. The zero-order valence-electron chi connectivity index (χ0n) is 12.5. The van der Waals surface area contributed by atoms with Gasteiger partial charge in [0.15, 0.2) is 9.84 Å². The number of nitrogens with one attached hydrogen (secondary N) is 1. The second-order valence-electron chi connectivity index (χ2n) is 6.08. The van der Waals surface area contributed by atoms with Gasteiger partial charge in [0, 0.05) is 43.6 Å². The molecule has 3 rings (SSSR count). The number of sulfone groups is 1. The summed E-state index contributed by atoms with van der Waals surface area (Å²) in [6.07, 6.45) is 0.711. The van der Waals surface area contributed by atoms with Gasteiger partial charge in [0.25, 0.3) is 0 Å². The monoisotopic (exact) mass is 309 g/mol. The van der Waals surface area contributed by atoms with Gasteiger partial charge in [-0.1, -0.05) is 0 Å². The van der Waals surface area contributed by atoms with Gasteiger partial charge in [0.2, 0.25) is 0 Å². The number of nitrogens with zero attached hydrogens (tertiary/aromatic N) is 2. The number of rotatable bonds is 3. The molecule has 0 aromatic heterocycles. The largest absolute Gasteiger partial charge is 0.381 e. The Morgan fingerprint density at radius 3 is 2.33 bits per heavy atom. The molecule has 2 aliphatic rings. The molecule has 0 saturated carbocycles. The number of anilines is 2. The van der Waals surface area contributed by atoms with E-state index in [0.717, 1.165) is 31.9 Å². The van der Waals surface area contributed by atoms with Crippen molar-refractivity contribution in [1.29, 1.82) is 0 Å². The normalized spacial score (nSPS) is 26.0. The quantitative estimate of drug-likeness (QED) is 0.904. The van der Waals surface area contributed by atoms with E-state index in [1.165, 1.54) is 5.69 Å². The summed E-state index contributed by atoms with van der Waals surface area (Å²) in [6, 6.07) is 8.41. The molecule has 0 bridgehead atoms. The van der Waals surface area contributed by atoms with Gasteiger partial charge >= 0.3 is 0 Å². The predicted octanol–water partition coefficient (Wildman–Crippen LogP) is 1.04. The Bertz CT molecular complexity index is 577. The smallest absolute Gasteiger partial charge is 0.152 e. The molecule has 1 aromatic carbocycles. The van der Waals surface area contributed by atoms with Crippen LogP contribution in [0.25, 0.3) is 0 Å². The van der Waals surface area contributed by atoms with Gasteiger partial charge in [-0.15, -0.1) is 0 Å². The summed E-state index contributed by atoms with van der Waals surface area (Å²) in [4.78, 5) is 4.73. The Balaban J connectivity index is 1.59. The lowest BCUT2D eigenvalue weighted by Crippen LogP contribution is -2.44. The van der Waals surface area contributed by atoms with E-state index in [2.05, 4.69) is 46.4 Å². The van der Waals surface area contributed by atoms with Crippen molar-refractivity contribution in [3.8, 4) is 0 Å². The lowest BCUT2D eigenvalue weighted by molar-refractivity contribution is 0.313. The van der Waals surface area contributed by atoms with Crippen LogP contribution in [0.3, 0.4) is 0 Å². The van der Waals surface area contributed by atoms with Gasteiger partial charge in [0.05, 0.1) is 11.5 Å². The molecule has 21 heavy (non-hydrogen) atoms. The second kappa shape index (κ2) is 5.85. The standard InChI is InChI=1S/C15H23N3O2S/c1-17-7-9-18(10-8-17)15-4-2-13(3-5-15)16-14-6-11-21(19,20)12-14/h2-5,14,16H,6-12H2,1H3/t14-/m1/s1. The number of hydrogen-bond acceptors (Lipinski definition) is 5. The van der Waals surface area contributed by atoms with Crippen molar-refractivity contribution >= 4 is 21.2 Å². The van der Waals surface area contributed by atoms with Crippen LogP contribution in [0.4, 0.5) is 11.4 Å². The SMILES string of the molecule is CN1CCN(c2ccc(N[C@@H]3CCS(=O)(=O)C3)cc2)CC1. The molecular formula is C15H23N3O2S. The fourth-order valence-electron chi connectivity index (χ4n) is 2.98. The van der Waals surface area contributed by atoms with Crippen LogP contribution in [-0.2, 0) is 9.84 Å². The molecule has 5 nitrogen and oxygen atoms in total. The van der Waals surface area contributed by atoms with Crippen LogP contribution in [0.2, 0.25) is 0 Å². The van der Waals surface area contributed by atoms with Crippen molar-refractivity contribution in [3.63, 3.8) is 0 Å². The minimum absolute atomic E-state index is 0.0597. The minimum atomic E-state index is -2.82. The molecule has 0 aliphatic carbocycles. The Morgan fingerprint density at radius 2 is 1.76 bits per heavy atom. The first-order valence-corrected chi connectivity index (χ1v) is 9.34. The highest BCUT2D eigenvalue weighted by Gasteiger charge is 2.27. The zero-order chi connectivity index (χ0) is 14.9. The minimum Gasteiger partial charge on any atom is -0.381 e. The molecule has 2 fully saturated rings. The highest BCUT2D eigenvalue weighted by Crippen LogP contribution is 2.22. The maximum atomic E-state index is 11.5. The van der Waals surface area contributed by atoms with E-state index in [4.69, 9.17) is 0 Å². The molecule has 0 radical (unpaired) electrons. The van der Waals surface area contributed by atoms with E-state index >= 15 is 0 Å². The Kier molecular flexibility index (Phi) is 4.08. The maximum Gasteiger partial charge on any atom is 0.152 e. The predicted molar refractivity (Wildman–Crippen MR) is 86.8 cm³/mol. The third-order valence-electron chi connectivity index (χ3n) is 4.34. The Morgan fingerprint density at radius 1 is 1.10 bits per heavy atom. The van der Waals surface area contributed by atoms with Crippen LogP contribution in [0.1, 0.15) is 6.42 Å². The van der Waals surface area contributed by atoms with E-state index < -0.39 is 9.84 Å². The molecule has 0 spiro atoms. The first-order chi connectivity index (χ1) is 10.0. The van der Waals surface area contributed by atoms with E-state index in [-0.39, 0.29) is 11.8 Å². The van der Waals surface area contributed by atoms with E-state index in [1.807, 2.05) is 0 Å². The summed E-state index contributed by atoms with van der Waals surface area (Å²) in [5.74, 6) is 0.567. The number of likely N-dealkylation sites (N-methyl/N-ethyl adjacent to an activating group) is 1. The zero-order valence-corrected chi connectivity index (χ0v) is 13.3. The Labute approximate surface area is 126 Å². The van der Waals surface area contributed by atoms with Crippen molar-refractivity contribution < 1.29 is 8.42 Å². The molecule has 0 amide bonds. The highest BCUT2D eigenvalue weighted by atomic mass is 32.2. The molecule has 2 aliphatic heterocycles. The third kappa shape index (κ3) is 3.68. The van der Waals surface area contributed by atoms with Crippen LogP contribution in [0.15, 0.2) is 24.3 Å². The first kappa shape index (κ1) is 14.7. The lowest BCUT2D eigenvalue weighted by Gasteiger charge is -2.34. The van der Waals surface area contributed by atoms with Crippen LogP contribution < -0.4 is 10.2 Å². The van der Waals surface area contributed by atoms with Gasteiger partial charge < -0.3 is 15.1 Å². The summed E-state index contributed by atoms with van der Waals surface area (Å²) in [6.45, 7) is 4.31. The van der Waals surface area contributed by atoms with Crippen LogP contribution in [0, 0.1) is 0 Å². The molecule has 0 unspecified atom stereocenters. The van der Waals surface area contributed by atoms with Gasteiger partial charge in [-0.25, -0.2) is 8.42 Å². The summed E-state index contributed by atoms with van der Waals surface area (Å²) in [5, 5.41) is 3.33.